The van der Waals surface area contributed by atoms with Gasteiger partial charge in [0.1, 0.15) is 5.70 Å². The van der Waals surface area contributed by atoms with Crippen molar-refractivity contribution in [2.75, 3.05) is 18.0 Å². The fourth-order valence-electron chi connectivity index (χ4n) is 3.53. The highest BCUT2D eigenvalue weighted by Gasteiger charge is 2.15. The molecule has 0 aliphatic heterocycles. The summed E-state index contributed by atoms with van der Waals surface area (Å²) in [6.07, 6.45) is 1.65. The molecule has 0 heterocycles. The van der Waals surface area contributed by atoms with Gasteiger partial charge in [0.2, 0.25) is 0 Å². The van der Waals surface area contributed by atoms with Crippen molar-refractivity contribution < 1.29 is 9.59 Å². The second-order valence-electron chi connectivity index (χ2n) is 8.15. The van der Waals surface area contributed by atoms with Gasteiger partial charge in [-0.15, -0.1) is 0 Å². The lowest BCUT2D eigenvalue weighted by atomic mass is 10.1. The zero-order valence-electron chi connectivity index (χ0n) is 20.7. The molecule has 0 fully saturated rings. The molecule has 0 aromatic heterocycles. The van der Waals surface area contributed by atoms with Crippen LogP contribution < -0.4 is 15.6 Å². The number of amides is 2. The number of carbonyl (C=O) groups is 2. The van der Waals surface area contributed by atoms with Crippen molar-refractivity contribution in [3.63, 3.8) is 0 Å². The van der Waals surface area contributed by atoms with Crippen LogP contribution in [0, 0.1) is 6.92 Å². The average molecular weight is 469 g/mol. The molecule has 0 aliphatic carbocycles. The number of nitrogens with one attached hydrogen (secondary N) is 2. The van der Waals surface area contributed by atoms with E-state index >= 15 is 0 Å². The van der Waals surface area contributed by atoms with Gasteiger partial charge in [-0.05, 0) is 69.2 Å². The van der Waals surface area contributed by atoms with Crippen LogP contribution in [0.3, 0.4) is 0 Å². The summed E-state index contributed by atoms with van der Waals surface area (Å²) >= 11 is 0. The zero-order chi connectivity index (χ0) is 25.2. The molecule has 2 N–H and O–H groups in total. The van der Waals surface area contributed by atoms with E-state index in [9.17, 15) is 9.59 Å². The number of hydrogen-bond acceptors (Lipinski definition) is 4. The van der Waals surface area contributed by atoms with Crippen LogP contribution in [-0.2, 0) is 4.79 Å². The number of rotatable bonds is 9. The highest BCUT2D eigenvalue weighted by molar-refractivity contribution is 6.06. The maximum Gasteiger partial charge on any atom is 0.287 e. The number of hydrogen-bond donors (Lipinski definition) is 2. The highest BCUT2D eigenvalue weighted by Crippen LogP contribution is 2.17. The van der Waals surface area contributed by atoms with Crippen molar-refractivity contribution in [3.8, 4) is 0 Å². The van der Waals surface area contributed by atoms with E-state index in [2.05, 4.69) is 34.6 Å². The molecular weight excluding hydrogens is 436 g/mol. The Hall–Kier alpha value is -4.19. The molecule has 2 amide bonds. The van der Waals surface area contributed by atoms with Crippen molar-refractivity contribution in [3.05, 3.63) is 107 Å². The SMILES string of the molecule is CCN(CC)c1ccc(C=C(NC(=O)c2ccccc2)C(=O)NN=C(C)c2ccc(C)cc2)cc1. The van der Waals surface area contributed by atoms with Crippen molar-refractivity contribution in [1.29, 1.82) is 0 Å². The van der Waals surface area contributed by atoms with Crippen LogP contribution >= 0.6 is 0 Å². The molecule has 180 valence electrons. The fourth-order valence-corrected chi connectivity index (χ4v) is 3.53. The predicted octanol–water partition coefficient (Wildman–Crippen LogP) is 5.15. The number of aryl methyl sites for hydroxylation is 1. The molecular formula is C29H32N4O2. The van der Waals surface area contributed by atoms with Crippen LogP contribution in [0.25, 0.3) is 6.08 Å². The highest BCUT2D eigenvalue weighted by atomic mass is 16.2. The quantitative estimate of drug-likeness (QED) is 0.259. The Morgan fingerprint density at radius 3 is 2.09 bits per heavy atom. The molecule has 0 spiro atoms. The summed E-state index contributed by atoms with van der Waals surface area (Å²) in [4.78, 5) is 28.1. The van der Waals surface area contributed by atoms with Gasteiger partial charge in [0.15, 0.2) is 0 Å². The van der Waals surface area contributed by atoms with Gasteiger partial charge in [0.25, 0.3) is 11.8 Å². The van der Waals surface area contributed by atoms with E-state index in [-0.39, 0.29) is 11.6 Å². The minimum Gasteiger partial charge on any atom is -0.372 e. The summed E-state index contributed by atoms with van der Waals surface area (Å²) < 4.78 is 0. The number of carbonyl (C=O) groups excluding carboxylic acids is 2. The van der Waals surface area contributed by atoms with Crippen LogP contribution in [0.2, 0.25) is 0 Å². The van der Waals surface area contributed by atoms with E-state index in [1.807, 2.05) is 68.4 Å². The monoisotopic (exact) mass is 468 g/mol. The Kier molecular flexibility index (Phi) is 8.95. The maximum absolute atomic E-state index is 13.1. The summed E-state index contributed by atoms with van der Waals surface area (Å²) in [7, 11) is 0. The van der Waals surface area contributed by atoms with Crippen molar-refractivity contribution in [2.45, 2.75) is 27.7 Å². The van der Waals surface area contributed by atoms with Gasteiger partial charge < -0.3 is 10.2 Å². The molecule has 0 atom stereocenters. The summed E-state index contributed by atoms with van der Waals surface area (Å²) in [5.74, 6) is -0.875. The smallest absolute Gasteiger partial charge is 0.287 e. The topological polar surface area (TPSA) is 73.8 Å². The lowest BCUT2D eigenvalue weighted by molar-refractivity contribution is -0.117. The van der Waals surface area contributed by atoms with E-state index in [1.165, 1.54) is 0 Å². The largest absolute Gasteiger partial charge is 0.372 e. The van der Waals surface area contributed by atoms with Crippen LogP contribution in [-0.4, -0.2) is 30.6 Å². The first kappa shape index (κ1) is 25.4. The Morgan fingerprint density at radius 1 is 0.857 bits per heavy atom. The third-order valence-electron chi connectivity index (χ3n) is 5.66. The van der Waals surface area contributed by atoms with Gasteiger partial charge in [-0.3, -0.25) is 9.59 Å². The standard InChI is InChI=1S/C29H32N4O2/c1-5-33(6-2)26-18-14-23(15-19-26)20-27(30-28(34)25-10-8-7-9-11-25)29(35)32-31-22(4)24-16-12-21(3)13-17-24/h7-20H,5-6H2,1-4H3,(H,30,34)(H,32,35). The van der Waals surface area contributed by atoms with E-state index in [1.54, 1.807) is 30.3 Å². The van der Waals surface area contributed by atoms with Gasteiger partial charge in [0.05, 0.1) is 5.71 Å². The van der Waals surface area contributed by atoms with Crippen LogP contribution in [0.15, 0.2) is 89.7 Å². The van der Waals surface area contributed by atoms with Gasteiger partial charge in [-0.2, -0.15) is 5.10 Å². The Bertz CT molecular complexity index is 1190. The lowest BCUT2D eigenvalue weighted by Gasteiger charge is -2.21. The molecule has 0 saturated carbocycles. The molecule has 6 heteroatoms. The maximum atomic E-state index is 13.1. The van der Waals surface area contributed by atoms with Crippen molar-refractivity contribution in [2.24, 2.45) is 5.10 Å². The predicted molar refractivity (Wildman–Crippen MR) is 143 cm³/mol. The number of anilines is 1. The number of nitrogens with zero attached hydrogens (tertiary/aromatic N) is 2. The molecule has 3 aromatic rings. The van der Waals surface area contributed by atoms with Gasteiger partial charge in [0, 0.05) is 24.3 Å². The van der Waals surface area contributed by atoms with Crippen LogP contribution in [0.1, 0.15) is 47.8 Å². The Balaban J connectivity index is 1.85. The molecule has 0 bridgehead atoms. The van der Waals surface area contributed by atoms with E-state index in [0.29, 0.717) is 11.3 Å². The summed E-state index contributed by atoms with van der Waals surface area (Å²) in [6, 6.07) is 24.5. The average Bonchev–Trinajstić information content (AvgIpc) is 2.89. The Labute approximate surface area is 207 Å². The number of hydrazone groups is 1. The molecule has 0 saturated heterocycles. The number of benzene rings is 3. The first-order chi connectivity index (χ1) is 16.9. The first-order valence-corrected chi connectivity index (χ1v) is 11.8. The Morgan fingerprint density at radius 2 is 1.49 bits per heavy atom. The van der Waals surface area contributed by atoms with E-state index in [4.69, 9.17) is 0 Å². The lowest BCUT2D eigenvalue weighted by Crippen LogP contribution is -2.33. The summed E-state index contributed by atoms with van der Waals surface area (Å²) in [5, 5.41) is 6.99. The fraction of sp³-hybridized carbons (Fsp3) is 0.207. The second kappa shape index (κ2) is 12.3. The minimum absolute atomic E-state index is 0.106. The molecule has 35 heavy (non-hydrogen) atoms. The van der Waals surface area contributed by atoms with Crippen LogP contribution in [0.5, 0.6) is 0 Å². The first-order valence-electron chi connectivity index (χ1n) is 11.8. The van der Waals surface area contributed by atoms with Gasteiger partial charge >= 0.3 is 0 Å². The van der Waals surface area contributed by atoms with Crippen molar-refractivity contribution in [1.82, 2.24) is 10.7 Å². The summed E-state index contributed by atoms with van der Waals surface area (Å²) in [6.45, 7) is 9.87. The molecule has 0 radical (unpaired) electrons. The molecule has 3 aromatic carbocycles. The van der Waals surface area contributed by atoms with E-state index in [0.717, 1.165) is 35.5 Å². The third kappa shape index (κ3) is 7.14. The second-order valence-corrected chi connectivity index (χ2v) is 8.15. The molecule has 0 unspecified atom stereocenters. The minimum atomic E-state index is -0.506. The van der Waals surface area contributed by atoms with E-state index < -0.39 is 5.91 Å². The van der Waals surface area contributed by atoms with Gasteiger partial charge in [-0.1, -0.05) is 60.2 Å². The normalized spacial score (nSPS) is 11.7. The molecule has 3 rings (SSSR count). The molecule has 0 aliphatic rings. The third-order valence-corrected chi connectivity index (χ3v) is 5.66. The molecule has 6 nitrogen and oxygen atoms in total. The zero-order valence-corrected chi connectivity index (χ0v) is 20.7. The van der Waals surface area contributed by atoms with Crippen LogP contribution in [0.4, 0.5) is 5.69 Å². The van der Waals surface area contributed by atoms with Crippen molar-refractivity contribution >= 4 is 29.3 Å². The van der Waals surface area contributed by atoms with Gasteiger partial charge in [-0.25, -0.2) is 5.43 Å². The summed E-state index contributed by atoms with van der Waals surface area (Å²) in [5.41, 5.74) is 7.75.